The van der Waals surface area contributed by atoms with Crippen molar-refractivity contribution in [1.29, 1.82) is 0 Å². The average Bonchev–Trinajstić information content (AvgIpc) is 2.49. The highest BCUT2D eigenvalue weighted by Crippen LogP contribution is 1.89. The first kappa shape index (κ1) is 8.84. The SMILES string of the molecule is C=C(C)NCCCn1ccnc1. The van der Waals surface area contributed by atoms with Crippen molar-refractivity contribution in [1.82, 2.24) is 14.9 Å². The first-order chi connectivity index (χ1) is 5.79. The normalized spacial score (nSPS) is 9.75. The Morgan fingerprint density at radius 1 is 1.67 bits per heavy atom. The summed E-state index contributed by atoms with van der Waals surface area (Å²) in [7, 11) is 0. The lowest BCUT2D eigenvalue weighted by molar-refractivity contribution is 0.614. The first-order valence-electron chi connectivity index (χ1n) is 4.14. The molecule has 0 radical (unpaired) electrons. The van der Waals surface area contributed by atoms with Gasteiger partial charge in [-0.3, -0.25) is 0 Å². The third kappa shape index (κ3) is 3.23. The number of aryl methyl sites for hydroxylation is 1. The van der Waals surface area contributed by atoms with E-state index in [1.165, 1.54) is 0 Å². The number of aromatic nitrogens is 2. The van der Waals surface area contributed by atoms with Gasteiger partial charge in [-0.1, -0.05) is 6.58 Å². The van der Waals surface area contributed by atoms with Crippen LogP contribution in [0.5, 0.6) is 0 Å². The number of hydrogen-bond donors (Lipinski definition) is 1. The van der Waals surface area contributed by atoms with Gasteiger partial charge in [0.05, 0.1) is 6.33 Å². The summed E-state index contributed by atoms with van der Waals surface area (Å²) in [6, 6.07) is 0. The van der Waals surface area contributed by atoms with Gasteiger partial charge < -0.3 is 9.88 Å². The summed E-state index contributed by atoms with van der Waals surface area (Å²) in [5.74, 6) is 0. The molecule has 0 spiro atoms. The van der Waals surface area contributed by atoms with Crippen molar-refractivity contribution in [3.05, 3.63) is 31.0 Å². The van der Waals surface area contributed by atoms with Gasteiger partial charge in [-0.2, -0.15) is 0 Å². The number of nitrogens with one attached hydrogen (secondary N) is 1. The minimum atomic E-state index is 0.980. The fraction of sp³-hybridized carbons (Fsp3) is 0.444. The minimum absolute atomic E-state index is 0.980. The van der Waals surface area contributed by atoms with Crippen LogP contribution in [0, 0.1) is 0 Å². The lowest BCUT2D eigenvalue weighted by atomic mass is 10.4. The van der Waals surface area contributed by atoms with E-state index >= 15 is 0 Å². The first-order valence-corrected chi connectivity index (χ1v) is 4.14. The second kappa shape index (κ2) is 4.59. The van der Waals surface area contributed by atoms with Gasteiger partial charge in [0.25, 0.3) is 0 Å². The van der Waals surface area contributed by atoms with E-state index in [9.17, 15) is 0 Å². The monoisotopic (exact) mass is 165 g/mol. The molecule has 0 aliphatic rings. The van der Waals surface area contributed by atoms with E-state index < -0.39 is 0 Å². The largest absolute Gasteiger partial charge is 0.389 e. The Morgan fingerprint density at radius 3 is 3.08 bits per heavy atom. The van der Waals surface area contributed by atoms with Gasteiger partial charge in [-0.05, 0) is 13.3 Å². The highest BCUT2D eigenvalue weighted by molar-refractivity contribution is 4.83. The van der Waals surface area contributed by atoms with E-state index in [4.69, 9.17) is 0 Å². The molecule has 12 heavy (non-hydrogen) atoms. The van der Waals surface area contributed by atoms with E-state index in [1.807, 2.05) is 19.4 Å². The molecule has 0 aliphatic carbocycles. The van der Waals surface area contributed by atoms with Crippen molar-refractivity contribution in [2.24, 2.45) is 0 Å². The maximum atomic E-state index is 3.96. The van der Waals surface area contributed by atoms with Crippen molar-refractivity contribution in [3.63, 3.8) is 0 Å². The Labute approximate surface area is 73.1 Å². The van der Waals surface area contributed by atoms with Crippen molar-refractivity contribution < 1.29 is 0 Å². The molecule has 0 fully saturated rings. The second-order valence-electron chi connectivity index (χ2n) is 2.86. The summed E-state index contributed by atoms with van der Waals surface area (Å²) in [6.07, 6.45) is 6.71. The molecule has 0 saturated heterocycles. The molecule has 0 aromatic carbocycles. The number of rotatable bonds is 5. The predicted molar refractivity (Wildman–Crippen MR) is 49.7 cm³/mol. The van der Waals surface area contributed by atoms with Gasteiger partial charge in [-0.15, -0.1) is 0 Å². The van der Waals surface area contributed by atoms with Crippen LogP contribution in [0.4, 0.5) is 0 Å². The molecule has 0 saturated carbocycles. The highest BCUT2D eigenvalue weighted by Gasteiger charge is 1.89. The van der Waals surface area contributed by atoms with Gasteiger partial charge in [0, 0.05) is 31.2 Å². The van der Waals surface area contributed by atoms with E-state index in [0.29, 0.717) is 0 Å². The summed E-state index contributed by atoms with van der Waals surface area (Å²) >= 11 is 0. The smallest absolute Gasteiger partial charge is 0.0945 e. The summed E-state index contributed by atoms with van der Waals surface area (Å²) < 4.78 is 2.07. The summed E-state index contributed by atoms with van der Waals surface area (Å²) in [5, 5.41) is 3.18. The lowest BCUT2D eigenvalue weighted by Gasteiger charge is -2.04. The van der Waals surface area contributed by atoms with E-state index in [2.05, 4.69) is 21.4 Å². The van der Waals surface area contributed by atoms with Crippen LogP contribution in [0.25, 0.3) is 0 Å². The maximum absolute atomic E-state index is 3.96. The third-order valence-corrected chi connectivity index (χ3v) is 1.58. The standard InChI is InChI=1S/C9H15N3/c1-9(2)11-4-3-6-12-7-5-10-8-12/h5,7-8,11H,1,3-4,6H2,2H3. The number of hydrogen-bond acceptors (Lipinski definition) is 2. The van der Waals surface area contributed by atoms with Gasteiger partial charge in [0.15, 0.2) is 0 Å². The van der Waals surface area contributed by atoms with E-state index in [-0.39, 0.29) is 0 Å². The summed E-state index contributed by atoms with van der Waals surface area (Å²) in [6.45, 7) is 7.72. The fourth-order valence-corrected chi connectivity index (χ4v) is 0.982. The zero-order chi connectivity index (χ0) is 8.81. The van der Waals surface area contributed by atoms with Crippen LogP contribution in [0.1, 0.15) is 13.3 Å². The zero-order valence-electron chi connectivity index (χ0n) is 7.45. The van der Waals surface area contributed by atoms with Crippen LogP contribution in [-0.2, 0) is 6.54 Å². The average molecular weight is 165 g/mol. The van der Waals surface area contributed by atoms with Crippen molar-refractivity contribution in [2.45, 2.75) is 19.9 Å². The van der Waals surface area contributed by atoms with Crippen LogP contribution >= 0.6 is 0 Å². The number of allylic oxidation sites excluding steroid dienone is 1. The molecule has 66 valence electrons. The zero-order valence-corrected chi connectivity index (χ0v) is 7.45. The quantitative estimate of drug-likeness (QED) is 0.668. The molecule has 0 atom stereocenters. The number of nitrogens with zero attached hydrogens (tertiary/aromatic N) is 2. The van der Waals surface area contributed by atoms with Gasteiger partial charge in [-0.25, -0.2) is 4.98 Å². The Balaban J connectivity index is 2.07. The molecule has 0 aliphatic heterocycles. The Hall–Kier alpha value is -1.25. The number of imidazole rings is 1. The molecule has 1 rings (SSSR count). The van der Waals surface area contributed by atoms with Crippen LogP contribution in [-0.4, -0.2) is 16.1 Å². The molecule has 0 bridgehead atoms. The van der Waals surface area contributed by atoms with Crippen molar-refractivity contribution in [3.8, 4) is 0 Å². The molecule has 3 heteroatoms. The molecule has 1 heterocycles. The topological polar surface area (TPSA) is 29.9 Å². The molecule has 3 nitrogen and oxygen atoms in total. The van der Waals surface area contributed by atoms with Crippen LogP contribution in [0.3, 0.4) is 0 Å². The van der Waals surface area contributed by atoms with E-state index in [0.717, 1.165) is 25.2 Å². The van der Waals surface area contributed by atoms with Gasteiger partial charge in [0.2, 0.25) is 0 Å². The van der Waals surface area contributed by atoms with Crippen LogP contribution < -0.4 is 5.32 Å². The fourth-order valence-electron chi connectivity index (χ4n) is 0.982. The summed E-state index contributed by atoms with van der Waals surface area (Å²) in [4.78, 5) is 3.96. The molecular weight excluding hydrogens is 150 g/mol. The van der Waals surface area contributed by atoms with Crippen LogP contribution in [0.2, 0.25) is 0 Å². The minimum Gasteiger partial charge on any atom is -0.389 e. The molecular formula is C9H15N3. The van der Waals surface area contributed by atoms with E-state index in [1.54, 1.807) is 6.20 Å². The molecule has 1 N–H and O–H groups in total. The third-order valence-electron chi connectivity index (χ3n) is 1.58. The molecule has 1 aromatic rings. The molecule has 1 aromatic heterocycles. The molecule has 0 amide bonds. The Kier molecular flexibility index (Phi) is 3.38. The molecule has 0 unspecified atom stereocenters. The Morgan fingerprint density at radius 2 is 2.50 bits per heavy atom. The van der Waals surface area contributed by atoms with Crippen molar-refractivity contribution in [2.75, 3.05) is 6.54 Å². The van der Waals surface area contributed by atoms with Crippen molar-refractivity contribution >= 4 is 0 Å². The Bertz CT molecular complexity index is 226. The van der Waals surface area contributed by atoms with Gasteiger partial charge in [0.1, 0.15) is 0 Å². The lowest BCUT2D eigenvalue weighted by Crippen LogP contribution is -2.13. The maximum Gasteiger partial charge on any atom is 0.0945 e. The van der Waals surface area contributed by atoms with Gasteiger partial charge >= 0.3 is 0 Å². The second-order valence-corrected chi connectivity index (χ2v) is 2.86. The highest BCUT2D eigenvalue weighted by atomic mass is 15.0. The summed E-state index contributed by atoms with van der Waals surface area (Å²) in [5.41, 5.74) is 1.03. The van der Waals surface area contributed by atoms with Crippen LogP contribution in [0.15, 0.2) is 31.0 Å². The predicted octanol–water partition coefficient (Wildman–Crippen LogP) is 1.40.